The number of nitrogens with one attached hydrogen (secondary N) is 1. The minimum absolute atomic E-state index is 0. The second-order valence-electron chi connectivity index (χ2n) is 11.6. The first-order chi connectivity index (χ1) is 19.0. The quantitative estimate of drug-likeness (QED) is 0.128. The first kappa shape index (κ1) is 36.6. The number of carbonyl (C=O) groups excluding carboxylic acids is 1. The molecule has 0 aromatic heterocycles. The molecule has 0 radical (unpaired) electrons. The Morgan fingerprint density at radius 3 is 1.93 bits per heavy atom. The SMILES string of the molecule is CCCCCCCCCCCCc1ccc(C(C)(C)S(=O)(=O)[O-])c(CCCNC(=O)c2ccccc2)c1N(C)C.[NH4+]. The van der Waals surface area contributed by atoms with Crippen LogP contribution in [0.5, 0.6) is 0 Å². The lowest BCUT2D eigenvalue weighted by Crippen LogP contribution is -2.31. The molecule has 2 rings (SSSR count). The number of hydrogen-bond donors (Lipinski definition) is 2. The Bertz CT molecular complexity index is 1150. The van der Waals surface area contributed by atoms with E-state index in [2.05, 4.69) is 12.2 Å². The van der Waals surface area contributed by atoms with Crippen LogP contribution in [0, 0.1) is 0 Å². The summed E-state index contributed by atoms with van der Waals surface area (Å²) in [6.45, 7) is 5.68. The van der Waals surface area contributed by atoms with Crippen molar-refractivity contribution in [3.8, 4) is 0 Å². The molecule has 0 aliphatic rings. The molecule has 2 aromatic rings. The Kier molecular flexibility index (Phi) is 16.2. The second kappa shape index (κ2) is 18.2. The molecule has 0 fully saturated rings. The molecule has 0 heterocycles. The number of nitrogens with zero attached hydrogens (tertiary/aromatic N) is 1. The van der Waals surface area contributed by atoms with Crippen molar-refractivity contribution in [2.45, 2.75) is 109 Å². The highest BCUT2D eigenvalue weighted by Crippen LogP contribution is 2.38. The van der Waals surface area contributed by atoms with E-state index >= 15 is 0 Å². The lowest BCUT2D eigenvalue weighted by atomic mass is 9.88. The molecule has 7 nitrogen and oxygen atoms in total. The van der Waals surface area contributed by atoms with Gasteiger partial charge in [-0.15, -0.1) is 0 Å². The van der Waals surface area contributed by atoms with E-state index in [0.29, 0.717) is 30.5 Å². The van der Waals surface area contributed by atoms with Gasteiger partial charge in [-0.1, -0.05) is 95.0 Å². The molecule has 0 aliphatic heterocycles. The van der Waals surface area contributed by atoms with Crippen LogP contribution in [0.1, 0.15) is 118 Å². The Labute approximate surface area is 249 Å². The molecule has 5 N–H and O–H groups in total. The molecule has 0 atom stereocenters. The molecular formula is C33H55N3O4S. The summed E-state index contributed by atoms with van der Waals surface area (Å²) in [5.74, 6) is -0.133. The number of benzene rings is 2. The highest BCUT2D eigenvalue weighted by molar-refractivity contribution is 7.86. The van der Waals surface area contributed by atoms with E-state index < -0.39 is 14.9 Å². The Hall–Kier alpha value is -2.42. The van der Waals surface area contributed by atoms with E-state index in [4.69, 9.17) is 0 Å². The van der Waals surface area contributed by atoms with Gasteiger partial charge in [0.05, 0.1) is 4.75 Å². The number of rotatable bonds is 19. The minimum Gasteiger partial charge on any atom is -0.747 e. The second-order valence-corrected chi connectivity index (χ2v) is 13.5. The number of anilines is 1. The van der Waals surface area contributed by atoms with E-state index in [1.807, 2.05) is 49.3 Å². The van der Waals surface area contributed by atoms with Crippen LogP contribution in [-0.4, -0.2) is 39.5 Å². The van der Waals surface area contributed by atoms with Crippen molar-refractivity contribution >= 4 is 21.7 Å². The smallest absolute Gasteiger partial charge is 0.251 e. The third-order valence-electron chi connectivity index (χ3n) is 7.81. The minimum atomic E-state index is -4.59. The topological polar surface area (TPSA) is 126 Å². The summed E-state index contributed by atoms with van der Waals surface area (Å²) in [6.07, 6.45) is 14.8. The van der Waals surface area contributed by atoms with E-state index in [1.165, 1.54) is 77.2 Å². The van der Waals surface area contributed by atoms with Crippen molar-refractivity contribution in [2.24, 2.45) is 0 Å². The zero-order valence-corrected chi connectivity index (χ0v) is 27.2. The Morgan fingerprint density at radius 2 is 1.39 bits per heavy atom. The van der Waals surface area contributed by atoms with E-state index in [1.54, 1.807) is 12.1 Å². The van der Waals surface area contributed by atoms with Gasteiger partial charge in [0.2, 0.25) is 0 Å². The predicted molar refractivity (Wildman–Crippen MR) is 172 cm³/mol. The maximum Gasteiger partial charge on any atom is 0.251 e. The average Bonchev–Trinajstić information content (AvgIpc) is 2.91. The number of quaternary nitrogens is 1. The molecule has 0 aliphatic carbocycles. The van der Waals surface area contributed by atoms with Gasteiger partial charge in [-0.3, -0.25) is 4.79 Å². The number of hydrogen-bond acceptors (Lipinski definition) is 5. The van der Waals surface area contributed by atoms with Gasteiger partial charge in [0, 0.05) is 31.9 Å². The number of amides is 1. The van der Waals surface area contributed by atoms with Crippen LogP contribution >= 0.6 is 0 Å². The number of carbonyl (C=O) groups is 1. The summed E-state index contributed by atoms with van der Waals surface area (Å²) in [5, 5.41) is 2.96. The van der Waals surface area contributed by atoms with Crippen molar-refractivity contribution in [2.75, 3.05) is 25.5 Å². The molecule has 0 unspecified atom stereocenters. The van der Waals surface area contributed by atoms with Crippen molar-refractivity contribution < 1.29 is 17.8 Å². The summed E-state index contributed by atoms with van der Waals surface area (Å²) in [4.78, 5) is 14.5. The van der Waals surface area contributed by atoms with Gasteiger partial charge in [0.25, 0.3) is 5.91 Å². The predicted octanol–water partition coefficient (Wildman–Crippen LogP) is 7.74. The highest BCUT2D eigenvalue weighted by Gasteiger charge is 2.32. The average molecular weight is 590 g/mol. The van der Waals surface area contributed by atoms with Crippen molar-refractivity contribution in [3.63, 3.8) is 0 Å². The van der Waals surface area contributed by atoms with Crippen LogP contribution in [0.2, 0.25) is 0 Å². The first-order valence-corrected chi connectivity index (χ1v) is 16.5. The van der Waals surface area contributed by atoms with Crippen molar-refractivity contribution in [3.05, 3.63) is 64.7 Å². The van der Waals surface area contributed by atoms with Crippen LogP contribution in [0.4, 0.5) is 5.69 Å². The lowest BCUT2D eigenvalue weighted by molar-refractivity contribution is 0.0953. The summed E-state index contributed by atoms with van der Waals surface area (Å²) in [6, 6.07) is 12.9. The van der Waals surface area contributed by atoms with Gasteiger partial charge in [0.1, 0.15) is 10.1 Å². The molecule has 2 aromatic carbocycles. The molecule has 1 amide bonds. The monoisotopic (exact) mass is 589 g/mol. The van der Waals surface area contributed by atoms with Gasteiger partial charge in [-0.05, 0) is 68.4 Å². The molecule has 0 bridgehead atoms. The summed E-state index contributed by atoms with van der Waals surface area (Å²) < 4.78 is 35.3. The van der Waals surface area contributed by atoms with Gasteiger partial charge >= 0.3 is 0 Å². The molecule has 0 spiro atoms. The van der Waals surface area contributed by atoms with Crippen LogP contribution in [0.3, 0.4) is 0 Å². The normalized spacial score (nSPS) is 11.7. The summed E-state index contributed by atoms with van der Waals surface area (Å²) in [5.41, 5.74) is 4.21. The third kappa shape index (κ3) is 11.4. The highest BCUT2D eigenvalue weighted by atomic mass is 32.2. The van der Waals surface area contributed by atoms with E-state index in [9.17, 15) is 17.8 Å². The number of aryl methyl sites for hydroxylation is 1. The maximum absolute atomic E-state index is 12.5. The Balaban J connectivity index is 0.00000840. The van der Waals surface area contributed by atoms with Crippen LogP contribution in [-0.2, 0) is 27.7 Å². The molecule has 0 saturated carbocycles. The van der Waals surface area contributed by atoms with Gasteiger partial charge in [-0.2, -0.15) is 0 Å². The van der Waals surface area contributed by atoms with Crippen molar-refractivity contribution in [1.82, 2.24) is 11.5 Å². The molecular weight excluding hydrogens is 534 g/mol. The maximum atomic E-state index is 12.5. The largest absolute Gasteiger partial charge is 0.747 e. The molecule has 0 saturated heterocycles. The van der Waals surface area contributed by atoms with Gasteiger partial charge in [0.15, 0.2) is 0 Å². The Morgan fingerprint density at radius 1 is 0.829 bits per heavy atom. The molecule has 232 valence electrons. The van der Waals surface area contributed by atoms with Gasteiger partial charge in [-0.25, -0.2) is 8.42 Å². The standard InChI is InChI=1S/C33H52N2O4S.H3N/c1-6-7-8-9-10-11-12-13-14-16-20-27-24-25-30(33(2,3)40(37,38)39)29(31(27)35(4)5)23-19-26-34-32(36)28-21-17-15-18-22-28;/h15,17-18,21-22,24-25H,6-14,16,19-20,23,26H2,1-5H3,(H,34,36)(H,37,38,39);1H3. The van der Waals surface area contributed by atoms with E-state index in [-0.39, 0.29) is 12.1 Å². The fraction of sp³-hybridized carbons (Fsp3) is 0.606. The molecule has 8 heteroatoms. The summed E-state index contributed by atoms with van der Waals surface area (Å²) in [7, 11) is -0.644. The van der Waals surface area contributed by atoms with Crippen LogP contribution in [0.15, 0.2) is 42.5 Å². The number of unbranched alkanes of at least 4 members (excludes halogenated alkanes) is 9. The lowest BCUT2D eigenvalue weighted by Gasteiger charge is -2.34. The van der Waals surface area contributed by atoms with E-state index in [0.717, 1.165) is 24.1 Å². The van der Waals surface area contributed by atoms with Gasteiger partial charge < -0.3 is 20.9 Å². The van der Waals surface area contributed by atoms with Crippen molar-refractivity contribution in [1.29, 1.82) is 0 Å². The van der Waals surface area contributed by atoms with Crippen LogP contribution < -0.4 is 16.4 Å². The fourth-order valence-electron chi connectivity index (χ4n) is 5.36. The first-order valence-electron chi connectivity index (χ1n) is 15.1. The van der Waals surface area contributed by atoms with Crippen LogP contribution in [0.25, 0.3) is 0 Å². The zero-order chi connectivity index (χ0) is 29.6. The zero-order valence-electron chi connectivity index (χ0n) is 26.4. The summed E-state index contributed by atoms with van der Waals surface area (Å²) >= 11 is 0. The third-order valence-corrected chi connectivity index (χ3v) is 9.28. The fourth-order valence-corrected chi connectivity index (χ4v) is 5.82. The molecule has 41 heavy (non-hydrogen) atoms.